The van der Waals surface area contributed by atoms with Crippen molar-refractivity contribution in [1.82, 2.24) is 15.1 Å². The van der Waals surface area contributed by atoms with Crippen molar-refractivity contribution < 1.29 is 23.5 Å². The lowest BCUT2D eigenvalue weighted by molar-refractivity contribution is -0.116. The number of amides is 3. The second-order valence-corrected chi connectivity index (χ2v) is 8.10. The zero-order chi connectivity index (χ0) is 24.0. The van der Waals surface area contributed by atoms with Crippen molar-refractivity contribution in [1.29, 1.82) is 0 Å². The van der Waals surface area contributed by atoms with Gasteiger partial charge in [0.05, 0.1) is 23.4 Å². The largest absolute Gasteiger partial charge is 0.495 e. The number of nitrogens with zero attached hydrogens (tertiary/aromatic N) is 2. The Morgan fingerprint density at radius 2 is 1.82 bits per heavy atom. The number of ether oxygens (including phenoxy) is 1. The summed E-state index contributed by atoms with van der Waals surface area (Å²) < 4.78 is 18.4. The van der Waals surface area contributed by atoms with Crippen LogP contribution in [-0.2, 0) is 4.79 Å². The SMILES string of the molecule is COc1ccc(C(=O)N2CCN(C)CC2)cc1NC(=O)CCNC(=O)c1ccc(F)cc1Cl. The summed E-state index contributed by atoms with van der Waals surface area (Å²) in [6, 6.07) is 8.36. The molecule has 0 saturated carbocycles. The molecule has 0 radical (unpaired) electrons. The van der Waals surface area contributed by atoms with Crippen LogP contribution in [0.25, 0.3) is 0 Å². The van der Waals surface area contributed by atoms with Gasteiger partial charge in [0.15, 0.2) is 0 Å². The Morgan fingerprint density at radius 3 is 2.48 bits per heavy atom. The maximum atomic E-state index is 13.1. The standard InChI is InChI=1S/C23H26ClFN4O4/c1-28-9-11-29(12-10-28)23(32)15-3-6-20(33-2)19(13-15)27-21(30)7-8-26-22(31)17-5-4-16(25)14-18(17)24/h3-6,13-14H,7-12H2,1-2H3,(H,26,31)(H,27,30). The fraction of sp³-hybridized carbons (Fsp3) is 0.348. The topological polar surface area (TPSA) is 91.0 Å². The molecule has 176 valence electrons. The number of rotatable bonds is 7. The summed E-state index contributed by atoms with van der Waals surface area (Å²) >= 11 is 5.88. The normalized spacial score (nSPS) is 14.0. The molecule has 0 aliphatic carbocycles. The van der Waals surface area contributed by atoms with Gasteiger partial charge in [0.2, 0.25) is 5.91 Å². The van der Waals surface area contributed by atoms with Crippen molar-refractivity contribution in [2.45, 2.75) is 6.42 Å². The number of benzene rings is 2. The summed E-state index contributed by atoms with van der Waals surface area (Å²) in [5, 5.41) is 5.30. The molecule has 0 unspecified atom stereocenters. The molecule has 1 heterocycles. The first kappa shape index (κ1) is 24.5. The van der Waals surface area contributed by atoms with Crippen LogP contribution in [0.4, 0.5) is 10.1 Å². The lowest BCUT2D eigenvalue weighted by Gasteiger charge is -2.32. The fourth-order valence-electron chi connectivity index (χ4n) is 3.40. The Labute approximate surface area is 196 Å². The number of carbonyl (C=O) groups excluding carboxylic acids is 3. The smallest absolute Gasteiger partial charge is 0.254 e. The molecule has 2 aromatic rings. The lowest BCUT2D eigenvalue weighted by Crippen LogP contribution is -2.47. The summed E-state index contributed by atoms with van der Waals surface area (Å²) in [4.78, 5) is 41.4. The van der Waals surface area contributed by atoms with Crippen LogP contribution in [0.2, 0.25) is 5.02 Å². The number of halogens is 2. The maximum absolute atomic E-state index is 13.1. The monoisotopic (exact) mass is 476 g/mol. The van der Waals surface area contributed by atoms with Gasteiger partial charge in [0.1, 0.15) is 11.6 Å². The summed E-state index contributed by atoms with van der Waals surface area (Å²) in [6.45, 7) is 2.93. The van der Waals surface area contributed by atoms with Crippen LogP contribution in [0.1, 0.15) is 27.1 Å². The predicted octanol–water partition coefficient (Wildman–Crippen LogP) is 2.63. The second kappa shape index (κ2) is 11.1. The molecule has 2 aromatic carbocycles. The van der Waals surface area contributed by atoms with Crippen LogP contribution in [0.5, 0.6) is 5.75 Å². The third kappa shape index (κ3) is 6.43. The number of piperazine rings is 1. The highest BCUT2D eigenvalue weighted by Crippen LogP contribution is 2.26. The van der Waals surface area contributed by atoms with Gasteiger partial charge in [-0.3, -0.25) is 14.4 Å². The molecule has 3 amide bonds. The first-order chi connectivity index (χ1) is 15.8. The Kier molecular flexibility index (Phi) is 8.24. The number of anilines is 1. The predicted molar refractivity (Wildman–Crippen MR) is 123 cm³/mol. The van der Waals surface area contributed by atoms with Crippen molar-refractivity contribution in [3.63, 3.8) is 0 Å². The van der Waals surface area contributed by atoms with Gasteiger partial charge in [0, 0.05) is 44.7 Å². The second-order valence-electron chi connectivity index (χ2n) is 7.69. The van der Waals surface area contributed by atoms with Gasteiger partial charge in [-0.25, -0.2) is 4.39 Å². The van der Waals surface area contributed by atoms with Gasteiger partial charge < -0.3 is 25.2 Å². The Bertz CT molecular complexity index is 1040. The van der Waals surface area contributed by atoms with Gasteiger partial charge in [-0.15, -0.1) is 0 Å². The molecule has 1 aliphatic rings. The first-order valence-electron chi connectivity index (χ1n) is 10.5. The van der Waals surface area contributed by atoms with Crippen LogP contribution >= 0.6 is 11.6 Å². The van der Waals surface area contributed by atoms with E-state index in [2.05, 4.69) is 15.5 Å². The molecule has 33 heavy (non-hydrogen) atoms. The van der Waals surface area contributed by atoms with E-state index >= 15 is 0 Å². The fourth-order valence-corrected chi connectivity index (χ4v) is 3.65. The Hall–Kier alpha value is -3.17. The summed E-state index contributed by atoms with van der Waals surface area (Å²) in [5.74, 6) is -1.11. The van der Waals surface area contributed by atoms with Crippen LogP contribution in [-0.4, -0.2) is 74.4 Å². The number of likely N-dealkylation sites (N-methyl/N-ethyl adjacent to an activating group) is 1. The van der Waals surface area contributed by atoms with Crippen LogP contribution < -0.4 is 15.4 Å². The molecular formula is C23H26ClFN4O4. The van der Waals surface area contributed by atoms with Crippen molar-refractivity contribution in [3.8, 4) is 5.75 Å². The highest BCUT2D eigenvalue weighted by molar-refractivity contribution is 6.33. The maximum Gasteiger partial charge on any atom is 0.254 e. The molecule has 2 N–H and O–H groups in total. The van der Waals surface area contributed by atoms with Gasteiger partial charge >= 0.3 is 0 Å². The molecule has 3 rings (SSSR count). The molecule has 1 aliphatic heterocycles. The molecule has 0 spiro atoms. The van der Waals surface area contributed by atoms with Crippen LogP contribution in [0, 0.1) is 5.82 Å². The molecule has 10 heteroatoms. The minimum atomic E-state index is -0.543. The zero-order valence-electron chi connectivity index (χ0n) is 18.5. The van der Waals surface area contributed by atoms with E-state index in [1.54, 1.807) is 23.1 Å². The highest BCUT2D eigenvalue weighted by Gasteiger charge is 2.21. The van der Waals surface area contributed by atoms with Crippen LogP contribution in [0.3, 0.4) is 0 Å². The van der Waals surface area contributed by atoms with E-state index in [4.69, 9.17) is 16.3 Å². The highest BCUT2D eigenvalue weighted by atomic mass is 35.5. The zero-order valence-corrected chi connectivity index (χ0v) is 19.2. The number of carbonyl (C=O) groups is 3. The summed E-state index contributed by atoms with van der Waals surface area (Å²) in [5.41, 5.74) is 0.945. The third-order valence-electron chi connectivity index (χ3n) is 5.32. The van der Waals surface area contributed by atoms with Crippen molar-refractivity contribution in [2.75, 3.05) is 52.2 Å². The number of methoxy groups -OCH3 is 1. The Morgan fingerprint density at radius 1 is 1.09 bits per heavy atom. The molecular weight excluding hydrogens is 451 g/mol. The van der Waals surface area contributed by atoms with E-state index in [0.29, 0.717) is 30.1 Å². The molecule has 1 fully saturated rings. The van der Waals surface area contributed by atoms with Crippen molar-refractivity contribution in [3.05, 3.63) is 58.4 Å². The van der Waals surface area contributed by atoms with Gasteiger partial charge in [-0.05, 0) is 43.4 Å². The minimum absolute atomic E-state index is 0.0106. The van der Waals surface area contributed by atoms with Crippen LogP contribution in [0.15, 0.2) is 36.4 Å². The molecule has 8 nitrogen and oxygen atoms in total. The number of nitrogens with one attached hydrogen (secondary N) is 2. The van der Waals surface area contributed by atoms with E-state index < -0.39 is 11.7 Å². The third-order valence-corrected chi connectivity index (χ3v) is 5.64. The van der Waals surface area contributed by atoms with Crippen molar-refractivity contribution >= 4 is 35.0 Å². The Balaban J connectivity index is 1.58. The lowest BCUT2D eigenvalue weighted by atomic mass is 10.1. The number of hydrogen-bond acceptors (Lipinski definition) is 5. The van der Waals surface area contributed by atoms with Gasteiger partial charge in [-0.1, -0.05) is 11.6 Å². The quantitative estimate of drug-likeness (QED) is 0.641. The van der Waals surface area contributed by atoms with E-state index in [0.717, 1.165) is 25.2 Å². The average molecular weight is 477 g/mol. The molecule has 1 saturated heterocycles. The average Bonchev–Trinajstić information content (AvgIpc) is 2.79. The van der Waals surface area contributed by atoms with E-state index in [-0.39, 0.29) is 35.4 Å². The first-order valence-corrected chi connectivity index (χ1v) is 10.8. The summed E-state index contributed by atoms with van der Waals surface area (Å²) in [6.07, 6.45) is -0.0235. The van der Waals surface area contributed by atoms with E-state index in [1.807, 2.05) is 7.05 Å². The van der Waals surface area contributed by atoms with E-state index in [1.165, 1.54) is 13.2 Å². The van der Waals surface area contributed by atoms with E-state index in [9.17, 15) is 18.8 Å². The van der Waals surface area contributed by atoms with Crippen molar-refractivity contribution in [2.24, 2.45) is 0 Å². The minimum Gasteiger partial charge on any atom is -0.495 e. The van der Waals surface area contributed by atoms with Gasteiger partial charge in [0.25, 0.3) is 11.8 Å². The molecule has 0 bridgehead atoms. The molecule has 0 atom stereocenters. The summed E-state index contributed by atoms with van der Waals surface area (Å²) in [7, 11) is 3.49. The molecule has 0 aromatic heterocycles. The number of hydrogen-bond donors (Lipinski definition) is 2. The van der Waals surface area contributed by atoms with Gasteiger partial charge in [-0.2, -0.15) is 0 Å².